The quantitative estimate of drug-likeness (QED) is 0.491. The molecule has 1 aliphatic rings. The van der Waals surface area contributed by atoms with Crippen molar-refractivity contribution >= 4 is 27.8 Å². The zero-order chi connectivity index (χ0) is 22.2. The lowest BCUT2D eigenvalue weighted by molar-refractivity contribution is -0.134. The summed E-state index contributed by atoms with van der Waals surface area (Å²) in [5.74, 6) is -0.430. The van der Waals surface area contributed by atoms with Crippen molar-refractivity contribution in [1.82, 2.24) is 19.0 Å². The third kappa shape index (κ3) is 3.57. The largest absolute Gasteiger partial charge is 0.338 e. The van der Waals surface area contributed by atoms with Crippen LogP contribution in [0.3, 0.4) is 0 Å². The fourth-order valence-electron chi connectivity index (χ4n) is 4.72. The van der Waals surface area contributed by atoms with Gasteiger partial charge in [-0.2, -0.15) is 0 Å². The first-order chi connectivity index (χ1) is 15.5. The predicted octanol–water partition coefficient (Wildman–Crippen LogP) is 3.94. The molecule has 0 radical (unpaired) electrons. The lowest BCUT2D eigenvalue weighted by Gasteiger charge is -2.33. The maximum absolute atomic E-state index is 14.1. The van der Waals surface area contributed by atoms with Crippen LogP contribution in [0.4, 0.5) is 4.39 Å². The summed E-state index contributed by atoms with van der Waals surface area (Å²) >= 11 is 0. The highest BCUT2D eigenvalue weighted by atomic mass is 19.1. The highest BCUT2D eigenvalue weighted by Gasteiger charge is 2.25. The van der Waals surface area contributed by atoms with Crippen molar-refractivity contribution < 1.29 is 9.18 Å². The van der Waals surface area contributed by atoms with Gasteiger partial charge in [-0.1, -0.05) is 30.3 Å². The number of hydrogen-bond acceptors (Lipinski definition) is 3. The molecule has 1 fully saturated rings. The molecular weight excluding hydrogens is 407 g/mol. The molecule has 5 rings (SSSR count). The van der Waals surface area contributed by atoms with Gasteiger partial charge in [0.05, 0.1) is 18.4 Å². The van der Waals surface area contributed by atoms with Crippen LogP contribution in [0.5, 0.6) is 0 Å². The lowest BCUT2D eigenvalue weighted by atomic mass is 10.0. The van der Waals surface area contributed by atoms with Crippen molar-refractivity contribution in [3.8, 4) is 0 Å². The van der Waals surface area contributed by atoms with Gasteiger partial charge >= 0.3 is 0 Å². The number of fused-ring (bicyclic) bond motifs is 3. The lowest BCUT2D eigenvalue weighted by Crippen LogP contribution is -2.43. The van der Waals surface area contributed by atoms with Gasteiger partial charge < -0.3 is 9.47 Å². The van der Waals surface area contributed by atoms with Gasteiger partial charge in [-0.05, 0) is 49.9 Å². The Kier molecular flexibility index (Phi) is 5.25. The van der Waals surface area contributed by atoms with Crippen LogP contribution in [-0.4, -0.2) is 37.5 Å². The Hall–Kier alpha value is -3.48. The van der Waals surface area contributed by atoms with Crippen LogP contribution in [-0.2, 0) is 17.9 Å². The van der Waals surface area contributed by atoms with Crippen LogP contribution in [0.1, 0.15) is 31.7 Å². The maximum Gasteiger partial charge on any atom is 0.278 e. The van der Waals surface area contributed by atoms with Crippen molar-refractivity contribution in [2.24, 2.45) is 0 Å². The number of halogens is 1. The summed E-state index contributed by atoms with van der Waals surface area (Å²) in [6, 6.07) is 14.2. The topological polar surface area (TPSA) is 60.1 Å². The van der Waals surface area contributed by atoms with E-state index in [1.54, 1.807) is 10.6 Å². The van der Waals surface area contributed by atoms with Gasteiger partial charge in [0.25, 0.3) is 5.56 Å². The van der Waals surface area contributed by atoms with E-state index in [1.165, 1.54) is 23.0 Å². The number of benzene rings is 2. The molecule has 0 bridgehead atoms. The third-order valence-corrected chi connectivity index (χ3v) is 6.40. The third-order valence-electron chi connectivity index (χ3n) is 6.40. The van der Waals surface area contributed by atoms with Gasteiger partial charge in [-0.25, -0.2) is 9.37 Å². The SMILES string of the molecule is C[C@@H]1CCCCN1C(=O)Cn1c2ccc(F)cc2c2ncn(Cc3ccccc3)c(=O)c21. The Bertz CT molecular complexity index is 1360. The molecule has 2 aromatic carbocycles. The average molecular weight is 432 g/mol. The second-order valence-electron chi connectivity index (χ2n) is 8.54. The van der Waals surface area contributed by atoms with Crippen molar-refractivity contribution in [2.45, 2.75) is 45.3 Å². The van der Waals surface area contributed by atoms with Crippen LogP contribution in [0.15, 0.2) is 59.7 Å². The number of rotatable bonds is 4. The van der Waals surface area contributed by atoms with Crippen LogP contribution in [0.2, 0.25) is 0 Å². The van der Waals surface area contributed by atoms with Crippen molar-refractivity contribution in [1.29, 1.82) is 0 Å². The van der Waals surface area contributed by atoms with Gasteiger partial charge in [-0.15, -0.1) is 0 Å². The molecule has 0 N–H and O–H groups in total. The van der Waals surface area contributed by atoms with Crippen LogP contribution in [0.25, 0.3) is 21.9 Å². The fourth-order valence-corrected chi connectivity index (χ4v) is 4.72. The van der Waals surface area contributed by atoms with E-state index in [-0.39, 0.29) is 24.1 Å². The summed E-state index contributed by atoms with van der Waals surface area (Å²) in [4.78, 5) is 33.1. The molecule has 4 aromatic rings. The number of hydrogen-bond donors (Lipinski definition) is 0. The molecule has 0 unspecified atom stereocenters. The molecule has 3 heterocycles. The van der Waals surface area contributed by atoms with Crippen molar-refractivity contribution in [2.75, 3.05) is 6.54 Å². The van der Waals surface area contributed by atoms with Gasteiger partial charge in [0.2, 0.25) is 5.91 Å². The van der Waals surface area contributed by atoms with E-state index < -0.39 is 5.82 Å². The van der Waals surface area contributed by atoms with E-state index >= 15 is 0 Å². The zero-order valence-electron chi connectivity index (χ0n) is 18.0. The Morgan fingerprint density at radius 1 is 1.16 bits per heavy atom. The number of carbonyl (C=O) groups is 1. The number of carbonyl (C=O) groups excluding carboxylic acids is 1. The second kappa shape index (κ2) is 8.22. The Morgan fingerprint density at radius 2 is 1.97 bits per heavy atom. The number of aromatic nitrogens is 3. The molecule has 1 amide bonds. The standard InChI is InChI=1S/C25H25FN4O2/c1-17-7-5-6-12-29(17)22(31)15-30-21-11-10-19(26)13-20(21)23-24(30)25(32)28(16-27-23)14-18-8-3-2-4-9-18/h2-4,8-11,13,16-17H,5-7,12,14-15H2,1H3/t17-/m1/s1. The molecule has 1 saturated heterocycles. The minimum atomic E-state index is -0.400. The summed E-state index contributed by atoms with van der Waals surface area (Å²) < 4.78 is 17.3. The number of amides is 1. The van der Waals surface area contributed by atoms with E-state index in [0.29, 0.717) is 28.5 Å². The maximum atomic E-state index is 14.1. The molecule has 164 valence electrons. The fraction of sp³-hybridized carbons (Fsp3) is 0.320. The molecule has 32 heavy (non-hydrogen) atoms. The highest BCUT2D eigenvalue weighted by Crippen LogP contribution is 2.27. The first-order valence-corrected chi connectivity index (χ1v) is 11.0. The van der Waals surface area contributed by atoms with Crippen LogP contribution in [0, 0.1) is 5.82 Å². The summed E-state index contributed by atoms with van der Waals surface area (Å²) in [7, 11) is 0. The Labute approximate surface area is 184 Å². The monoisotopic (exact) mass is 432 g/mol. The highest BCUT2D eigenvalue weighted by molar-refractivity contribution is 6.06. The van der Waals surface area contributed by atoms with Crippen LogP contribution < -0.4 is 5.56 Å². The van der Waals surface area contributed by atoms with Gasteiger partial charge in [-0.3, -0.25) is 14.2 Å². The molecule has 0 saturated carbocycles. The van der Waals surface area contributed by atoms with E-state index in [0.717, 1.165) is 31.4 Å². The molecule has 1 aliphatic heterocycles. The summed E-state index contributed by atoms with van der Waals surface area (Å²) in [6.07, 6.45) is 4.59. The number of piperidine rings is 1. The van der Waals surface area contributed by atoms with E-state index in [2.05, 4.69) is 11.9 Å². The van der Waals surface area contributed by atoms with E-state index in [1.807, 2.05) is 35.2 Å². The predicted molar refractivity (Wildman–Crippen MR) is 122 cm³/mol. The minimum absolute atomic E-state index is 0.0295. The number of nitrogens with zero attached hydrogens (tertiary/aromatic N) is 4. The Morgan fingerprint density at radius 3 is 2.75 bits per heavy atom. The Balaban J connectivity index is 1.64. The van der Waals surface area contributed by atoms with Crippen molar-refractivity contribution in [3.05, 3.63) is 76.6 Å². The molecule has 2 aromatic heterocycles. The minimum Gasteiger partial charge on any atom is -0.338 e. The van der Waals surface area contributed by atoms with Gasteiger partial charge in [0.1, 0.15) is 23.4 Å². The van der Waals surface area contributed by atoms with Gasteiger partial charge in [0.15, 0.2) is 0 Å². The summed E-state index contributed by atoms with van der Waals surface area (Å²) in [5, 5.41) is 0.545. The first kappa shape index (κ1) is 20.4. The molecular formula is C25H25FN4O2. The van der Waals surface area contributed by atoms with Gasteiger partial charge in [0, 0.05) is 18.0 Å². The molecule has 7 heteroatoms. The van der Waals surface area contributed by atoms with E-state index in [4.69, 9.17) is 0 Å². The normalized spacial score (nSPS) is 16.7. The average Bonchev–Trinajstić information content (AvgIpc) is 3.10. The second-order valence-corrected chi connectivity index (χ2v) is 8.54. The summed E-state index contributed by atoms with van der Waals surface area (Å²) in [6.45, 7) is 3.19. The van der Waals surface area contributed by atoms with Crippen molar-refractivity contribution in [3.63, 3.8) is 0 Å². The van der Waals surface area contributed by atoms with E-state index in [9.17, 15) is 14.0 Å². The molecule has 6 nitrogen and oxygen atoms in total. The molecule has 0 aliphatic carbocycles. The number of likely N-dealkylation sites (tertiary alicyclic amines) is 1. The van der Waals surface area contributed by atoms with Crippen LogP contribution >= 0.6 is 0 Å². The summed E-state index contributed by atoms with van der Waals surface area (Å²) in [5.41, 5.74) is 2.13. The molecule has 0 spiro atoms. The first-order valence-electron chi connectivity index (χ1n) is 11.0. The molecule has 1 atom stereocenters. The zero-order valence-corrected chi connectivity index (χ0v) is 18.0. The smallest absolute Gasteiger partial charge is 0.278 e.